The molecule has 0 unspecified atom stereocenters. The maximum absolute atomic E-state index is 13.2. The standard InChI is InChI=1S/C20H22N2O3Se/c1-4-14-20(19(23)21-15(2)3,16-10-6-5-7-11-16)26-18-13-9-8-12-17(18)22(24)25/h4-13,15H,1,14H2,2-3H3,(H,21,23)/t20-/m0/s1. The number of para-hydroxylation sites is 1. The number of carbonyl (C=O) groups is 1. The molecule has 0 aliphatic rings. The van der Waals surface area contributed by atoms with Crippen molar-refractivity contribution in [1.29, 1.82) is 0 Å². The summed E-state index contributed by atoms with van der Waals surface area (Å²) in [6.07, 6.45) is 2.12. The molecular formula is C20H22N2O3Se. The average molecular weight is 417 g/mol. The summed E-state index contributed by atoms with van der Waals surface area (Å²) in [5, 5.41) is 14.4. The Bertz CT molecular complexity index is 793. The molecule has 0 aromatic heterocycles. The molecule has 2 aromatic rings. The third kappa shape index (κ3) is 4.39. The Balaban J connectivity index is 2.61. The first-order valence-corrected chi connectivity index (χ1v) is 10.0. The Labute approximate surface area is 159 Å². The van der Waals surface area contributed by atoms with Crippen molar-refractivity contribution >= 4 is 31.0 Å². The van der Waals surface area contributed by atoms with Gasteiger partial charge in [-0.2, -0.15) is 0 Å². The number of nitrogens with zero attached hydrogens (tertiary/aromatic N) is 1. The zero-order valence-electron chi connectivity index (χ0n) is 14.8. The summed E-state index contributed by atoms with van der Waals surface area (Å²) in [7, 11) is 0. The van der Waals surface area contributed by atoms with Gasteiger partial charge in [-0.15, -0.1) is 0 Å². The number of hydrogen-bond donors (Lipinski definition) is 1. The maximum atomic E-state index is 13.2. The fourth-order valence-corrected chi connectivity index (χ4v) is 5.55. The fraction of sp³-hybridized carbons (Fsp3) is 0.250. The van der Waals surface area contributed by atoms with Gasteiger partial charge in [-0.3, -0.25) is 0 Å². The van der Waals surface area contributed by atoms with Gasteiger partial charge in [0, 0.05) is 0 Å². The molecule has 2 rings (SSSR count). The van der Waals surface area contributed by atoms with Crippen molar-refractivity contribution in [3.05, 3.63) is 82.9 Å². The summed E-state index contributed by atoms with van der Waals surface area (Å²) in [4.78, 5) is 24.3. The molecule has 0 heterocycles. The third-order valence-corrected chi connectivity index (χ3v) is 6.95. The first-order valence-electron chi connectivity index (χ1n) is 8.30. The Kier molecular flexibility index (Phi) is 6.72. The summed E-state index contributed by atoms with van der Waals surface area (Å²) in [6.45, 7) is 7.63. The van der Waals surface area contributed by atoms with Gasteiger partial charge >= 0.3 is 160 Å². The number of nitro benzene ring substituents is 1. The van der Waals surface area contributed by atoms with Crippen LogP contribution in [-0.2, 0) is 9.11 Å². The molecule has 0 saturated carbocycles. The second-order valence-electron chi connectivity index (χ2n) is 6.14. The average Bonchev–Trinajstić information content (AvgIpc) is 2.61. The van der Waals surface area contributed by atoms with Gasteiger partial charge < -0.3 is 0 Å². The van der Waals surface area contributed by atoms with E-state index >= 15 is 0 Å². The van der Waals surface area contributed by atoms with Crippen LogP contribution in [0, 0.1) is 10.1 Å². The molecule has 6 heteroatoms. The van der Waals surface area contributed by atoms with Crippen LogP contribution in [0.2, 0.25) is 0 Å². The van der Waals surface area contributed by atoms with Crippen molar-refractivity contribution < 1.29 is 9.72 Å². The van der Waals surface area contributed by atoms with Crippen LogP contribution in [0.3, 0.4) is 0 Å². The van der Waals surface area contributed by atoms with Gasteiger partial charge in [-0.1, -0.05) is 0 Å². The fourth-order valence-electron chi connectivity index (χ4n) is 2.66. The van der Waals surface area contributed by atoms with Gasteiger partial charge in [0.25, 0.3) is 0 Å². The van der Waals surface area contributed by atoms with Crippen molar-refractivity contribution in [3.8, 4) is 0 Å². The summed E-state index contributed by atoms with van der Waals surface area (Å²) in [6, 6.07) is 16.1. The number of benzene rings is 2. The summed E-state index contributed by atoms with van der Waals surface area (Å²) < 4.78 is -0.304. The van der Waals surface area contributed by atoms with Crippen molar-refractivity contribution in [3.63, 3.8) is 0 Å². The zero-order valence-corrected chi connectivity index (χ0v) is 16.6. The predicted molar refractivity (Wildman–Crippen MR) is 105 cm³/mol. The molecule has 2 aromatic carbocycles. The summed E-state index contributed by atoms with van der Waals surface area (Å²) in [5.41, 5.74) is 0.894. The Morgan fingerprint density at radius 2 is 1.85 bits per heavy atom. The molecule has 0 radical (unpaired) electrons. The molecule has 0 saturated heterocycles. The van der Waals surface area contributed by atoms with Crippen LogP contribution in [0.25, 0.3) is 0 Å². The first kappa shape index (κ1) is 19.9. The number of nitrogens with one attached hydrogen (secondary N) is 1. The summed E-state index contributed by atoms with van der Waals surface area (Å²) in [5.74, 6) is -0.128. The number of rotatable bonds is 8. The van der Waals surface area contributed by atoms with Crippen molar-refractivity contribution in [2.45, 2.75) is 30.6 Å². The molecule has 1 amide bonds. The molecule has 0 fully saturated rings. The molecule has 0 aliphatic carbocycles. The molecule has 0 spiro atoms. The van der Waals surface area contributed by atoms with Crippen LogP contribution in [0.1, 0.15) is 25.8 Å². The first-order chi connectivity index (χ1) is 12.4. The van der Waals surface area contributed by atoms with Crippen molar-refractivity contribution in [2.24, 2.45) is 0 Å². The van der Waals surface area contributed by atoms with Gasteiger partial charge in [-0.25, -0.2) is 0 Å². The minimum absolute atomic E-state index is 0.0306. The van der Waals surface area contributed by atoms with E-state index in [1.165, 1.54) is 6.07 Å². The zero-order chi connectivity index (χ0) is 19.2. The Morgan fingerprint density at radius 1 is 1.23 bits per heavy atom. The third-order valence-electron chi connectivity index (χ3n) is 3.80. The normalized spacial score (nSPS) is 13.0. The molecule has 136 valence electrons. The number of amides is 1. The van der Waals surface area contributed by atoms with Gasteiger partial charge in [0.15, 0.2) is 0 Å². The van der Waals surface area contributed by atoms with Crippen LogP contribution in [-0.4, -0.2) is 31.8 Å². The minimum atomic E-state index is -0.896. The molecule has 0 bridgehead atoms. The molecule has 0 aliphatic heterocycles. The van der Waals surface area contributed by atoms with Crippen LogP contribution in [0.15, 0.2) is 67.3 Å². The number of hydrogen-bond acceptors (Lipinski definition) is 3. The monoisotopic (exact) mass is 418 g/mol. The second-order valence-corrected chi connectivity index (χ2v) is 8.95. The van der Waals surface area contributed by atoms with Crippen LogP contribution in [0.4, 0.5) is 5.69 Å². The van der Waals surface area contributed by atoms with Gasteiger partial charge in [0.1, 0.15) is 0 Å². The van der Waals surface area contributed by atoms with Crippen LogP contribution >= 0.6 is 0 Å². The van der Waals surface area contributed by atoms with Gasteiger partial charge in [0.05, 0.1) is 0 Å². The SMILES string of the molecule is C=CC[C@@]([Se]c1ccccc1[N+](=O)[O-])(C(=O)NC(C)C)c1ccccc1. The number of carbonyl (C=O) groups excluding carboxylic acids is 1. The summed E-state index contributed by atoms with van der Waals surface area (Å²) >= 11 is -0.509. The number of nitro groups is 1. The molecule has 5 nitrogen and oxygen atoms in total. The van der Waals surface area contributed by atoms with Crippen LogP contribution in [0.5, 0.6) is 0 Å². The Morgan fingerprint density at radius 3 is 2.42 bits per heavy atom. The Hall–Kier alpha value is -2.43. The van der Waals surface area contributed by atoms with Crippen molar-refractivity contribution in [1.82, 2.24) is 5.32 Å². The number of allylic oxidation sites excluding steroid dienone is 1. The molecule has 1 N–H and O–H groups in total. The van der Waals surface area contributed by atoms with Crippen LogP contribution < -0.4 is 9.78 Å². The van der Waals surface area contributed by atoms with E-state index in [9.17, 15) is 14.9 Å². The van der Waals surface area contributed by atoms with E-state index in [0.717, 1.165) is 5.56 Å². The predicted octanol–water partition coefficient (Wildman–Crippen LogP) is 2.92. The van der Waals surface area contributed by atoms with Gasteiger partial charge in [0.2, 0.25) is 0 Å². The van der Waals surface area contributed by atoms with E-state index in [1.807, 2.05) is 44.2 Å². The van der Waals surface area contributed by atoms with E-state index in [0.29, 0.717) is 10.9 Å². The quantitative estimate of drug-likeness (QED) is 0.311. The van der Waals surface area contributed by atoms with E-state index < -0.39 is 19.3 Å². The van der Waals surface area contributed by atoms with E-state index in [4.69, 9.17) is 0 Å². The molecular weight excluding hydrogens is 395 g/mol. The van der Waals surface area contributed by atoms with E-state index in [2.05, 4.69) is 11.9 Å². The van der Waals surface area contributed by atoms with Gasteiger partial charge in [-0.05, 0) is 0 Å². The van der Waals surface area contributed by atoms with E-state index in [-0.39, 0.29) is 22.6 Å². The second kappa shape index (κ2) is 8.79. The van der Waals surface area contributed by atoms with Crippen molar-refractivity contribution in [2.75, 3.05) is 0 Å². The molecule has 26 heavy (non-hydrogen) atoms. The molecule has 1 atom stereocenters. The topological polar surface area (TPSA) is 72.2 Å². The van der Waals surface area contributed by atoms with E-state index in [1.54, 1.807) is 24.3 Å².